The topological polar surface area (TPSA) is 43.8 Å². The molecule has 1 aliphatic heterocycles. The average Bonchev–Trinajstić information content (AvgIpc) is 2.67. The summed E-state index contributed by atoms with van der Waals surface area (Å²) in [5.74, 6) is 0.953. The minimum atomic E-state index is 0. The number of halogens is 2. The monoisotopic (exact) mass is 485 g/mol. The van der Waals surface area contributed by atoms with Gasteiger partial charge in [0.05, 0.1) is 10.7 Å². The molecule has 2 heterocycles. The lowest BCUT2D eigenvalue weighted by atomic mass is 10.2. The lowest BCUT2D eigenvalue weighted by molar-refractivity contribution is 0.373. The molecule has 0 spiro atoms. The third kappa shape index (κ3) is 5.48. The van der Waals surface area contributed by atoms with E-state index < -0.39 is 0 Å². The van der Waals surface area contributed by atoms with Crippen molar-refractivity contribution in [2.75, 3.05) is 44.7 Å². The first-order valence-electron chi connectivity index (χ1n) is 8.63. The Morgan fingerprint density at radius 2 is 1.85 bits per heavy atom. The van der Waals surface area contributed by atoms with Crippen LogP contribution in [-0.4, -0.2) is 55.6 Å². The van der Waals surface area contributed by atoms with Crippen LogP contribution < -0.4 is 10.2 Å². The van der Waals surface area contributed by atoms with Crippen molar-refractivity contribution >= 4 is 47.2 Å². The van der Waals surface area contributed by atoms with Gasteiger partial charge in [0, 0.05) is 58.1 Å². The van der Waals surface area contributed by atoms with Crippen LogP contribution in [0, 0.1) is 0 Å². The number of aliphatic imine (C=N–C) groups is 1. The zero-order valence-electron chi connectivity index (χ0n) is 14.9. The molecule has 0 unspecified atom stereocenters. The lowest BCUT2D eigenvalue weighted by Crippen LogP contribution is -2.52. The molecule has 3 rings (SSSR count). The molecule has 26 heavy (non-hydrogen) atoms. The number of anilines is 1. The van der Waals surface area contributed by atoms with E-state index in [2.05, 4.69) is 31.2 Å². The van der Waals surface area contributed by atoms with Crippen LogP contribution in [-0.2, 0) is 6.42 Å². The number of hydrogen-bond donors (Lipinski definition) is 1. The number of pyridine rings is 1. The summed E-state index contributed by atoms with van der Waals surface area (Å²) in [4.78, 5) is 13.4. The zero-order valence-corrected chi connectivity index (χ0v) is 18.0. The zero-order chi connectivity index (χ0) is 17.5. The van der Waals surface area contributed by atoms with Gasteiger partial charge in [-0.25, -0.2) is 0 Å². The van der Waals surface area contributed by atoms with Crippen molar-refractivity contribution < 1.29 is 0 Å². The van der Waals surface area contributed by atoms with Gasteiger partial charge in [0.2, 0.25) is 0 Å². The van der Waals surface area contributed by atoms with Gasteiger partial charge in [-0.2, -0.15) is 0 Å². The van der Waals surface area contributed by atoms with E-state index >= 15 is 0 Å². The largest absolute Gasteiger partial charge is 0.367 e. The Morgan fingerprint density at radius 1 is 1.12 bits per heavy atom. The smallest absolute Gasteiger partial charge is 0.193 e. The highest BCUT2D eigenvalue weighted by atomic mass is 127. The molecule has 1 aromatic heterocycles. The van der Waals surface area contributed by atoms with Crippen LogP contribution in [0.2, 0.25) is 5.02 Å². The Kier molecular flexibility index (Phi) is 8.44. The SMILES string of the molecule is CN=C(NCCc1ccccn1)N1CCN(c2ccccc2Cl)CC1.I. The van der Waals surface area contributed by atoms with Crippen molar-refractivity contribution in [3.8, 4) is 0 Å². The fourth-order valence-electron chi connectivity index (χ4n) is 3.05. The molecule has 5 nitrogen and oxygen atoms in total. The quantitative estimate of drug-likeness (QED) is 0.410. The highest BCUT2D eigenvalue weighted by Crippen LogP contribution is 2.25. The predicted molar refractivity (Wildman–Crippen MR) is 120 cm³/mol. The van der Waals surface area contributed by atoms with E-state index in [9.17, 15) is 0 Å². The van der Waals surface area contributed by atoms with Crippen molar-refractivity contribution in [3.63, 3.8) is 0 Å². The predicted octanol–water partition coefficient (Wildman–Crippen LogP) is 3.29. The molecule has 7 heteroatoms. The fourth-order valence-corrected chi connectivity index (χ4v) is 3.30. The molecule has 140 valence electrons. The fraction of sp³-hybridized carbons (Fsp3) is 0.368. The van der Waals surface area contributed by atoms with E-state index in [1.54, 1.807) is 0 Å². The molecule has 0 bridgehead atoms. The summed E-state index contributed by atoms with van der Waals surface area (Å²) in [5.41, 5.74) is 2.20. The Balaban J connectivity index is 0.00000243. The first kappa shape index (κ1) is 20.8. The van der Waals surface area contributed by atoms with E-state index in [1.165, 1.54) is 0 Å². The first-order chi connectivity index (χ1) is 12.3. The molecule has 1 aromatic carbocycles. The molecule has 0 atom stereocenters. The lowest BCUT2D eigenvalue weighted by Gasteiger charge is -2.38. The minimum Gasteiger partial charge on any atom is -0.367 e. The van der Waals surface area contributed by atoms with Crippen molar-refractivity contribution in [2.24, 2.45) is 4.99 Å². The molecule has 2 aromatic rings. The summed E-state index contributed by atoms with van der Waals surface area (Å²) in [6.45, 7) is 4.55. The van der Waals surface area contributed by atoms with Gasteiger partial charge < -0.3 is 15.1 Å². The number of piperazine rings is 1. The van der Waals surface area contributed by atoms with Crippen LogP contribution in [0.1, 0.15) is 5.69 Å². The summed E-state index contributed by atoms with van der Waals surface area (Å²) in [6.07, 6.45) is 2.72. The van der Waals surface area contributed by atoms with Crippen molar-refractivity contribution in [1.82, 2.24) is 15.2 Å². The molecule has 0 saturated carbocycles. The number of aromatic nitrogens is 1. The highest BCUT2D eigenvalue weighted by molar-refractivity contribution is 14.0. The second-order valence-corrected chi connectivity index (χ2v) is 6.38. The second-order valence-electron chi connectivity index (χ2n) is 5.97. The number of nitrogens with zero attached hydrogens (tertiary/aromatic N) is 4. The molecule has 0 aliphatic carbocycles. The van der Waals surface area contributed by atoms with Gasteiger partial charge in [0.15, 0.2) is 5.96 Å². The number of nitrogens with one attached hydrogen (secondary N) is 1. The maximum Gasteiger partial charge on any atom is 0.193 e. The van der Waals surface area contributed by atoms with Crippen LogP contribution in [0.4, 0.5) is 5.69 Å². The maximum absolute atomic E-state index is 6.31. The number of hydrogen-bond acceptors (Lipinski definition) is 3. The minimum absolute atomic E-state index is 0. The van der Waals surface area contributed by atoms with Gasteiger partial charge in [-0.05, 0) is 24.3 Å². The Labute approximate surface area is 177 Å². The van der Waals surface area contributed by atoms with Gasteiger partial charge in [-0.1, -0.05) is 29.8 Å². The van der Waals surface area contributed by atoms with Gasteiger partial charge >= 0.3 is 0 Å². The van der Waals surface area contributed by atoms with Gasteiger partial charge in [-0.15, -0.1) is 24.0 Å². The molecule has 1 fully saturated rings. The van der Waals surface area contributed by atoms with Crippen LogP contribution in [0.3, 0.4) is 0 Å². The molecule has 0 amide bonds. The molecule has 1 aliphatic rings. The highest BCUT2D eigenvalue weighted by Gasteiger charge is 2.20. The third-order valence-electron chi connectivity index (χ3n) is 4.37. The Morgan fingerprint density at radius 3 is 2.50 bits per heavy atom. The van der Waals surface area contributed by atoms with Crippen LogP contribution >= 0.6 is 35.6 Å². The number of rotatable bonds is 4. The van der Waals surface area contributed by atoms with E-state index in [-0.39, 0.29) is 24.0 Å². The van der Waals surface area contributed by atoms with Crippen LogP contribution in [0.5, 0.6) is 0 Å². The Bertz CT molecular complexity index is 702. The standard InChI is InChI=1S/C19H24ClN5.HI/c1-21-19(23-11-9-16-6-4-5-10-22-16)25-14-12-24(13-15-25)18-8-3-2-7-17(18)20;/h2-8,10H,9,11-15H2,1H3,(H,21,23);1H. The van der Waals surface area contributed by atoms with Crippen LogP contribution in [0.15, 0.2) is 53.7 Å². The number of para-hydroxylation sites is 1. The van der Waals surface area contributed by atoms with E-state index in [4.69, 9.17) is 11.6 Å². The van der Waals surface area contributed by atoms with Gasteiger partial charge in [0.25, 0.3) is 0 Å². The summed E-state index contributed by atoms with van der Waals surface area (Å²) in [5, 5.41) is 4.26. The molecule has 1 N–H and O–H groups in total. The van der Waals surface area contributed by atoms with Gasteiger partial charge in [0.1, 0.15) is 0 Å². The second kappa shape index (κ2) is 10.6. The summed E-state index contributed by atoms with van der Waals surface area (Å²) >= 11 is 6.31. The van der Waals surface area contributed by atoms with E-state index in [0.717, 1.165) is 61.5 Å². The first-order valence-corrected chi connectivity index (χ1v) is 9.00. The summed E-state index contributed by atoms with van der Waals surface area (Å²) < 4.78 is 0. The number of guanidine groups is 1. The molecular weight excluding hydrogens is 461 g/mol. The summed E-state index contributed by atoms with van der Waals surface area (Å²) in [6, 6.07) is 14.0. The Hall–Kier alpha value is -1.54. The third-order valence-corrected chi connectivity index (χ3v) is 4.69. The van der Waals surface area contributed by atoms with Crippen molar-refractivity contribution in [1.29, 1.82) is 0 Å². The van der Waals surface area contributed by atoms with E-state index in [1.807, 2.05) is 49.6 Å². The normalized spacial score (nSPS) is 14.8. The van der Waals surface area contributed by atoms with Crippen LogP contribution in [0.25, 0.3) is 0 Å². The van der Waals surface area contributed by atoms with Crippen molar-refractivity contribution in [3.05, 3.63) is 59.4 Å². The van der Waals surface area contributed by atoms with Crippen molar-refractivity contribution in [2.45, 2.75) is 6.42 Å². The van der Waals surface area contributed by atoms with Gasteiger partial charge in [-0.3, -0.25) is 9.98 Å². The average molecular weight is 486 g/mol. The number of benzene rings is 1. The summed E-state index contributed by atoms with van der Waals surface area (Å²) in [7, 11) is 1.84. The molecule has 1 saturated heterocycles. The van der Waals surface area contributed by atoms with E-state index in [0.29, 0.717) is 0 Å². The molecular formula is C19H25ClIN5. The maximum atomic E-state index is 6.31. The molecule has 0 radical (unpaired) electrons.